The van der Waals surface area contributed by atoms with Gasteiger partial charge in [-0.15, -0.1) is 0 Å². The predicted molar refractivity (Wildman–Crippen MR) is 128 cm³/mol. The van der Waals surface area contributed by atoms with Crippen molar-refractivity contribution in [3.63, 3.8) is 0 Å². The van der Waals surface area contributed by atoms with E-state index in [4.69, 9.17) is 0 Å². The Balaban J connectivity index is 2.14. The highest BCUT2D eigenvalue weighted by atomic mass is 14.4. The van der Waals surface area contributed by atoms with E-state index >= 15 is 0 Å². The van der Waals surface area contributed by atoms with Gasteiger partial charge in [-0.1, -0.05) is 96.1 Å². The molecule has 0 saturated heterocycles. The number of fused-ring (bicyclic) bond motifs is 4. The van der Waals surface area contributed by atoms with Gasteiger partial charge in [-0.05, 0) is 78.2 Å². The number of hydrogen-bond acceptors (Lipinski definition) is 0. The van der Waals surface area contributed by atoms with Crippen molar-refractivity contribution >= 4 is 21.5 Å². The van der Waals surface area contributed by atoms with Crippen molar-refractivity contribution in [1.29, 1.82) is 0 Å². The van der Waals surface area contributed by atoms with Crippen molar-refractivity contribution in [2.75, 3.05) is 0 Å². The van der Waals surface area contributed by atoms with E-state index in [2.05, 4.69) is 103 Å². The Morgan fingerprint density at radius 2 is 1.00 bits per heavy atom. The maximum atomic E-state index is 2.36. The van der Waals surface area contributed by atoms with Crippen LogP contribution < -0.4 is 0 Å². The van der Waals surface area contributed by atoms with Gasteiger partial charge in [0.05, 0.1) is 0 Å². The maximum Gasteiger partial charge on any atom is -0.00235 e. The molecule has 4 aromatic carbocycles. The van der Waals surface area contributed by atoms with Gasteiger partial charge in [0.2, 0.25) is 0 Å². The summed E-state index contributed by atoms with van der Waals surface area (Å²) in [6.07, 6.45) is 0. The van der Waals surface area contributed by atoms with Crippen LogP contribution in [0.5, 0.6) is 0 Å². The largest absolute Gasteiger partial charge is 0.0616 e. The smallest absolute Gasteiger partial charge is 0.00235 e. The maximum absolute atomic E-state index is 2.36. The molecular weight excluding hydrogens is 348 g/mol. The first-order valence-electron chi connectivity index (χ1n) is 10.7. The number of rotatable bonds is 0. The highest BCUT2D eigenvalue weighted by molar-refractivity contribution is 6.21. The molecule has 0 atom stereocenters. The molecule has 146 valence electrons. The van der Waals surface area contributed by atoms with Gasteiger partial charge in [0.25, 0.3) is 0 Å². The van der Waals surface area contributed by atoms with Crippen LogP contribution in [0.4, 0.5) is 0 Å². The zero-order valence-corrected chi connectivity index (χ0v) is 18.7. The van der Waals surface area contributed by atoms with Crippen molar-refractivity contribution in [2.45, 2.75) is 59.3 Å². The Hall–Kier alpha value is -2.60. The van der Waals surface area contributed by atoms with Gasteiger partial charge >= 0.3 is 0 Å². The first-order valence-corrected chi connectivity index (χ1v) is 10.7. The summed E-state index contributed by atoms with van der Waals surface area (Å²) in [5.41, 5.74) is 10.2. The molecule has 0 N–H and O–H groups in total. The predicted octanol–water partition coefficient (Wildman–Crippen LogP) is 8.54. The van der Waals surface area contributed by atoms with E-state index in [9.17, 15) is 0 Å². The molecule has 0 nitrogen and oxygen atoms in total. The fourth-order valence-electron chi connectivity index (χ4n) is 5.50. The van der Waals surface area contributed by atoms with Gasteiger partial charge in [-0.2, -0.15) is 0 Å². The molecule has 0 aromatic heterocycles. The van der Waals surface area contributed by atoms with Crippen molar-refractivity contribution in [3.05, 3.63) is 71.3 Å². The number of benzene rings is 4. The fourth-order valence-corrected chi connectivity index (χ4v) is 5.50. The van der Waals surface area contributed by atoms with Crippen molar-refractivity contribution in [3.8, 4) is 22.3 Å². The number of hydrogen-bond donors (Lipinski definition) is 0. The van der Waals surface area contributed by atoms with Crippen molar-refractivity contribution in [2.24, 2.45) is 0 Å². The monoisotopic (exact) mass is 378 g/mol. The lowest BCUT2D eigenvalue weighted by Crippen LogP contribution is -2.18. The standard InChI is InChI=1S/C29H30/c1-17-15-16-22-23-18(17)13-10-14-21(23)24-25(22)27(29(5,6)7)20-12-9-8-11-19(20)26(24)28(2,3)4/h8-16H,1-7H3. The second-order valence-electron chi connectivity index (χ2n) is 10.7. The van der Waals surface area contributed by atoms with Gasteiger partial charge < -0.3 is 0 Å². The van der Waals surface area contributed by atoms with Gasteiger partial charge in [-0.3, -0.25) is 0 Å². The molecule has 0 aliphatic heterocycles. The van der Waals surface area contributed by atoms with Gasteiger partial charge in [0.15, 0.2) is 0 Å². The van der Waals surface area contributed by atoms with E-state index in [0.717, 1.165) is 0 Å². The average Bonchev–Trinajstić information content (AvgIpc) is 2.95. The molecule has 0 heteroatoms. The molecule has 1 aliphatic rings. The normalized spacial score (nSPS) is 13.3. The van der Waals surface area contributed by atoms with Crippen LogP contribution in [0.25, 0.3) is 43.8 Å². The minimum Gasteiger partial charge on any atom is -0.0616 e. The molecule has 0 spiro atoms. The summed E-state index contributed by atoms with van der Waals surface area (Å²) in [4.78, 5) is 0. The minimum absolute atomic E-state index is 0.0549. The fraction of sp³-hybridized carbons (Fsp3) is 0.310. The third-order valence-electron chi connectivity index (χ3n) is 6.51. The van der Waals surface area contributed by atoms with Crippen LogP contribution in [0, 0.1) is 6.92 Å². The van der Waals surface area contributed by atoms with Crippen LogP contribution in [0.3, 0.4) is 0 Å². The molecule has 0 saturated carbocycles. The summed E-state index contributed by atoms with van der Waals surface area (Å²) in [7, 11) is 0. The Kier molecular flexibility index (Phi) is 3.64. The van der Waals surface area contributed by atoms with E-state index in [1.54, 1.807) is 0 Å². The summed E-state index contributed by atoms with van der Waals surface area (Å²) in [6.45, 7) is 16.4. The van der Waals surface area contributed by atoms with Crippen LogP contribution in [-0.4, -0.2) is 0 Å². The topological polar surface area (TPSA) is 0 Å². The quantitative estimate of drug-likeness (QED) is 0.253. The third-order valence-corrected chi connectivity index (χ3v) is 6.51. The molecule has 4 aromatic rings. The Morgan fingerprint density at radius 1 is 0.517 bits per heavy atom. The molecule has 1 aliphatic carbocycles. The third kappa shape index (κ3) is 2.45. The molecular formula is C29H30. The average molecular weight is 379 g/mol. The summed E-state index contributed by atoms with van der Waals surface area (Å²) >= 11 is 0. The molecule has 0 amide bonds. The summed E-state index contributed by atoms with van der Waals surface area (Å²) in [5, 5.41) is 5.64. The second-order valence-corrected chi connectivity index (χ2v) is 10.7. The van der Waals surface area contributed by atoms with Crippen LogP contribution in [0.1, 0.15) is 58.2 Å². The Labute approximate surface area is 174 Å². The van der Waals surface area contributed by atoms with E-state index in [1.165, 1.54) is 60.5 Å². The molecule has 0 fully saturated rings. The SMILES string of the molecule is Cc1ccc2c3c(cccc13)-c1c-2c(C(C)(C)C)c2ccccc2c1C(C)(C)C. The van der Waals surface area contributed by atoms with Gasteiger partial charge in [0.1, 0.15) is 0 Å². The van der Waals surface area contributed by atoms with Gasteiger partial charge in [-0.25, -0.2) is 0 Å². The van der Waals surface area contributed by atoms with E-state index in [-0.39, 0.29) is 10.8 Å². The lowest BCUT2D eigenvalue weighted by Gasteiger charge is -2.32. The first kappa shape index (κ1) is 18.4. The van der Waals surface area contributed by atoms with Crippen molar-refractivity contribution in [1.82, 2.24) is 0 Å². The molecule has 0 radical (unpaired) electrons. The molecule has 29 heavy (non-hydrogen) atoms. The van der Waals surface area contributed by atoms with Crippen LogP contribution in [0.15, 0.2) is 54.6 Å². The summed E-state index contributed by atoms with van der Waals surface area (Å²) in [6, 6.07) is 20.6. The first-order chi connectivity index (χ1) is 13.6. The zero-order valence-electron chi connectivity index (χ0n) is 18.7. The molecule has 5 rings (SSSR count). The minimum atomic E-state index is 0.0549. The highest BCUT2D eigenvalue weighted by Gasteiger charge is 2.35. The zero-order chi connectivity index (χ0) is 20.7. The second kappa shape index (κ2) is 5.72. The molecule has 0 heterocycles. The highest BCUT2D eigenvalue weighted by Crippen LogP contribution is 2.57. The lowest BCUT2D eigenvalue weighted by atomic mass is 9.72. The molecule has 0 bridgehead atoms. The van der Waals surface area contributed by atoms with Crippen LogP contribution in [0.2, 0.25) is 0 Å². The summed E-state index contributed by atoms with van der Waals surface area (Å²) in [5.74, 6) is 0. The van der Waals surface area contributed by atoms with Crippen LogP contribution >= 0.6 is 0 Å². The Bertz CT molecular complexity index is 1240. The van der Waals surface area contributed by atoms with E-state index in [0.29, 0.717) is 0 Å². The number of aryl methyl sites for hydroxylation is 1. The van der Waals surface area contributed by atoms with E-state index in [1.807, 2.05) is 0 Å². The van der Waals surface area contributed by atoms with Crippen molar-refractivity contribution < 1.29 is 0 Å². The van der Waals surface area contributed by atoms with Crippen LogP contribution in [-0.2, 0) is 10.8 Å². The van der Waals surface area contributed by atoms with E-state index < -0.39 is 0 Å². The lowest BCUT2D eigenvalue weighted by molar-refractivity contribution is 0.588. The summed E-state index contributed by atoms with van der Waals surface area (Å²) < 4.78 is 0. The molecule has 0 unspecified atom stereocenters. The van der Waals surface area contributed by atoms with Gasteiger partial charge in [0, 0.05) is 0 Å². The Morgan fingerprint density at radius 3 is 1.52 bits per heavy atom.